The van der Waals surface area contributed by atoms with Crippen molar-refractivity contribution in [2.24, 2.45) is 0 Å². The lowest BCUT2D eigenvalue weighted by molar-refractivity contribution is 0.635. The predicted molar refractivity (Wildman–Crippen MR) is 98.1 cm³/mol. The number of piperazine rings is 1. The van der Waals surface area contributed by atoms with Gasteiger partial charge in [-0.1, -0.05) is 0 Å². The van der Waals surface area contributed by atoms with E-state index in [4.69, 9.17) is 0 Å². The van der Waals surface area contributed by atoms with Crippen molar-refractivity contribution in [1.82, 2.24) is 24.9 Å². The number of aromatic nitrogens is 5. The zero-order chi connectivity index (χ0) is 17.2. The smallest absolute Gasteiger partial charge is 0.227 e. The van der Waals surface area contributed by atoms with Crippen LogP contribution in [-0.2, 0) is 0 Å². The summed E-state index contributed by atoms with van der Waals surface area (Å²) in [5.41, 5.74) is 0.872. The molecule has 1 fully saturated rings. The molecule has 0 N–H and O–H groups in total. The van der Waals surface area contributed by atoms with Crippen molar-refractivity contribution in [3.8, 4) is 0 Å². The van der Waals surface area contributed by atoms with E-state index in [-0.39, 0.29) is 0 Å². The second kappa shape index (κ2) is 6.46. The van der Waals surface area contributed by atoms with Crippen LogP contribution in [0.15, 0.2) is 37.1 Å². The van der Waals surface area contributed by atoms with Crippen molar-refractivity contribution in [3.63, 3.8) is 0 Å². The molecule has 4 rings (SSSR count). The number of pyridine rings is 1. The van der Waals surface area contributed by atoms with Crippen LogP contribution >= 0.6 is 0 Å². The van der Waals surface area contributed by atoms with E-state index in [9.17, 15) is 0 Å². The maximum Gasteiger partial charge on any atom is 0.227 e. The maximum absolute atomic E-state index is 4.63. The van der Waals surface area contributed by atoms with Crippen LogP contribution in [0.4, 0.5) is 17.6 Å². The number of fused-ring (bicyclic) bond motifs is 1. The summed E-state index contributed by atoms with van der Waals surface area (Å²) >= 11 is 0. The Labute approximate surface area is 146 Å². The normalized spacial score (nSPS) is 14.8. The minimum atomic E-state index is 0.780. The van der Waals surface area contributed by atoms with Crippen LogP contribution in [0.25, 0.3) is 10.9 Å². The van der Waals surface area contributed by atoms with Gasteiger partial charge in [0.1, 0.15) is 18.0 Å². The zero-order valence-corrected chi connectivity index (χ0v) is 14.4. The van der Waals surface area contributed by atoms with Crippen molar-refractivity contribution >= 4 is 28.5 Å². The molecule has 8 nitrogen and oxygen atoms in total. The lowest BCUT2D eigenvalue weighted by Gasteiger charge is -2.35. The van der Waals surface area contributed by atoms with Gasteiger partial charge in [0.25, 0.3) is 0 Å². The average Bonchev–Trinajstić information content (AvgIpc) is 2.68. The van der Waals surface area contributed by atoms with Gasteiger partial charge in [-0.2, -0.15) is 4.98 Å². The lowest BCUT2D eigenvalue weighted by atomic mass is 10.2. The summed E-state index contributed by atoms with van der Waals surface area (Å²) in [4.78, 5) is 28.5. The molecule has 8 heteroatoms. The van der Waals surface area contributed by atoms with Crippen molar-refractivity contribution in [2.45, 2.75) is 0 Å². The largest absolute Gasteiger partial charge is 0.363 e. The summed E-state index contributed by atoms with van der Waals surface area (Å²) in [7, 11) is 3.97. The number of hydrogen-bond donors (Lipinski definition) is 0. The SMILES string of the molecule is CN(C)c1ccnc(N2CCN(c3ncnc4cnccc34)CC2)n1. The van der Waals surface area contributed by atoms with Crippen LogP contribution in [0.2, 0.25) is 0 Å². The van der Waals surface area contributed by atoms with Gasteiger partial charge in [0.15, 0.2) is 0 Å². The van der Waals surface area contributed by atoms with Gasteiger partial charge in [0, 0.05) is 58.1 Å². The quantitative estimate of drug-likeness (QED) is 0.706. The van der Waals surface area contributed by atoms with E-state index in [1.54, 1.807) is 18.7 Å². The fourth-order valence-electron chi connectivity index (χ4n) is 3.00. The van der Waals surface area contributed by atoms with Gasteiger partial charge in [0.2, 0.25) is 5.95 Å². The molecule has 1 aliphatic heterocycles. The first-order valence-electron chi connectivity index (χ1n) is 8.27. The van der Waals surface area contributed by atoms with Crippen LogP contribution in [0.1, 0.15) is 0 Å². The van der Waals surface area contributed by atoms with Crippen LogP contribution in [0, 0.1) is 0 Å². The highest BCUT2D eigenvalue weighted by molar-refractivity contribution is 5.88. The van der Waals surface area contributed by atoms with E-state index >= 15 is 0 Å². The molecule has 4 heterocycles. The van der Waals surface area contributed by atoms with Gasteiger partial charge < -0.3 is 14.7 Å². The topological polar surface area (TPSA) is 74.2 Å². The number of rotatable bonds is 3. The molecule has 3 aromatic heterocycles. The van der Waals surface area contributed by atoms with Crippen LogP contribution in [0.3, 0.4) is 0 Å². The molecule has 3 aromatic rings. The molecule has 0 bridgehead atoms. The molecule has 0 amide bonds. The Morgan fingerprint density at radius 1 is 0.920 bits per heavy atom. The highest BCUT2D eigenvalue weighted by atomic mass is 15.3. The van der Waals surface area contributed by atoms with Gasteiger partial charge in [-0.15, -0.1) is 0 Å². The molecule has 0 aliphatic carbocycles. The monoisotopic (exact) mass is 336 g/mol. The van der Waals surface area contributed by atoms with E-state index in [2.05, 4.69) is 34.7 Å². The van der Waals surface area contributed by atoms with E-state index in [1.807, 2.05) is 37.3 Å². The van der Waals surface area contributed by atoms with E-state index in [0.717, 1.165) is 54.7 Å². The summed E-state index contributed by atoms with van der Waals surface area (Å²) in [6.07, 6.45) is 6.98. The Balaban J connectivity index is 1.52. The number of hydrogen-bond acceptors (Lipinski definition) is 8. The van der Waals surface area contributed by atoms with Crippen LogP contribution < -0.4 is 14.7 Å². The third-order valence-electron chi connectivity index (χ3n) is 4.37. The van der Waals surface area contributed by atoms with E-state index in [1.165, 1.54) is 0 Å². The zero-order valence-electron chi connectivity index (χ0n) is 14.4. The predicted octanol–water partition coefficient (Wildman–Crippen LogP) is 1.21. The van der Waals surface area contributed by atoms with Gasteiger partial charge in [-0.05, 0) is 12.1 Å². The van der Waals surface area contributed by atoms with Crippen LogP contribution in [0.5, 0.6) is 0 Å². The van der Waals surface area contributed by atoms with E-state index in [0.29, 0.717) is 0 Å². The second-order valence-electron chi connectivity index (χ2n) is 6.17. The molecular weight excluding hydrogens is 316 g/mol. The average molecular weight is 336 g/mol. The van der Waals surface area contributed by atoms with Gasteiger partial charge in [-0.3, -0.25) is 4.98 Å². The summed E-state index contributed by atoms with van der Waals surface area (Å²) in [6.45, 7) is 3.44. The van der Waals surface area contributed by atoms with Gasteiger partial charge >= 0.3 is 0 Å². The lowest BCUT2D eigenvalue weighted by Crippen LogP contribution is -2.47. The first-order chi connectivity index (χ1) is 12.2. The molecule has 1 aliphatic rings. The number of anilines is 3. The van der Waals surface area contributed by atoms with Crippen molar-refractivity contribution in [2.75, 3.05) is 55.0 Å². The van der Waals surface area contributed by atoms with Gasteiger partial charge in [0.05, 0.1) is 11.7 Å². The molecule has 0 atom stereocenters. The fourth-order valence-corrected chi connectivity index (χ4v) is 3.00. The highest BCUT2D eigenvalue weighted by Crippen LogP contribution is 2.24. The minimum Gasteiger partial charge on any atom is -0.363 e. The Hall–Kier alpha value is -3.03. The maximum atomic E-state index is 4.63. The molecule has 128 valence electrons. The third-order valence-corrected chi connectivity index (χ3v) is 4.37. The van der Waals surface area contributed by atoms with E-state index < -0.39 is 0 Å². The Morgan fingerprint density at radius 2 is 1.72 bits per heavy atom. The first-order valence-corrected chi connectivity index (χ1v) is 8.27. The second-order valence-corrected chi connectivity index (χ2v) is 6.17. The summed E-state index contributed by atoms with van der Waals surface area (Å²) in [5, 5.41) is 1.04. The first kappa shape index (κ1) is 15.5. The summed E-state index contributed by atoms with van der Waals surface area (Å²) in [5.74, 6) is 2.67. The van der Waals surface area contributed by atoms with Crippen LogP contribution in [-0.4, -0.2) is 65.2 Å². The molecular formula is C17H20N8. The molecule has 0 spiro atoms. The third kappa shape index (κ3) is 3.02. The summed E-state index contributed by atoms with van der Waals surface area (Å²) < 4.78 is 0. The molecule has 1 saturated heterocycles. The fraction of sp³-hybridized carbons (Fsp3) is 0.353. The summed E-state index contributed by atoms with van der Waals surface area (Å²) in [6, 6.07) is 3.89. The minimum absolute atomic E-state index is 0.780. The van der Waals surface area contributed by atoms with Gasteiger partial charge in [-0.25, -0.2) is 15.0 Å². The molecule has 0 radical (unpaired) electrons. The standard InChI is InChI=1S/C17H20N8/c1-23(2)15-4-6-19-17(22-15)25-9-7-24(8-10-25)16-13-3-5-18-11-14(13)20-12-21-16/h3-6,11-12H,7-10H2,1-2H3. The Kier molecular flexibility index (Phi) is 4.01. The highest BCUT2D eigenvalue weighted by Gasteiger charge is 2.21. The van der Waals surface area contributed by atoms with Crippen molar-refractivity contribution in [1.29, 1.82) is 0 Å². The molecule has 0 saturated carbocycles. The molecule has 0 aromatic carbocycles. The van der Waals surface area contributed by atoms with Crippen molar-refractivity contribution in [3.05, 3.63) is 37.1 Å². The molecule has 0 unspecified atom stereocenters. The Morgan fingerprint density at radius 3 is 2.52 bits per heavy atom. The Bertz CT molecular complexity index is 868. The van der Waals surface area contributed by atoms with Crippen molar-refractivity contribution < 1.29 is 0 Å². The number of nitrogens with zero attached hydrogens (tertiary/aromatic N) is 8. The molecule has 25 heavy (non-hydrogen) atoms.